The third kappa shape index (κ3) is 4.67. The van der Waals surface area contributed by atoms with Crippen molar-refractivity contribution in [2.24, 2.45) is 0 Å². The number of aromatic nitrogens is 1. The SMILES string of the molecule is CN(C(=O)C1CCC(=O)N1)[C@@H](c1ccc(NC2Cc3ccc(Cl)cc3C2)cn1)C(F)(F)F. The van der Waals surface area contributed by atoms with E-state index < -0.39 is 24.2 Å². The number of pyridine rings is 1. The molecule has 4 rings (SSSR count). The molecule has 170 valence electrons. The Balaban J connectivity index is 1.47. The Morgan fingerprint density at radius 3 is 2.62 bits per heavy atom. The highest BCUT2D eigenvalue weighted by Gasteiger charge is 2.47. The van der Waals surface area contributed by atoms with E-state index in [4.69, 9.17) is 11.6 Å². The lowest BCUT2D eigenvalue weighted by Crippen LogP contribution is -2.47. The first-order valence-electron chi connectivity index (χ1n) is 10.2. The summed E-state index contributed by atoms with van der Waals surface area (Å²) in [5, 5.41) is 6.39. The summed E-state index contributed by atoms with van der Waals surface area (Å²) < 4.78 is 41.5. The Hall–Kier alpha value is -2.81. The van der Waals surface area contributed by atoms with Gasteiger partial charge in [0.05, 0.1) is 17.6 Å². The van der Waals surface area contributed by atoms with Crippen molar-refractivity contribution >= 4 is 29.1 Å². The fraction of sp³-hybridized carbons (Fsp3) is 0.409. The summed E-state index contributed by atoms with van der Waals surface area (Å²) in [6, 6.07) is 5.48. The first kappa shape index (κ1) is 22.4. The molecule has 2 amide bonds. The summed E-state index contributed by atoms with van der Waals surface area (Å²) in [7, 11) is 1.08. The molecule has 6 nitrogen and oxygen atoms in total. The lowest BCUT2D eigenvalue weighted by molar-refractivity contribution is -0.190. The number of likely N-dealkylation sites (N-methyl/N-ethyl adjacent to an activating group) is 1. The first-order valence-corrected chi connectivity index (χ1v) is 10.6. The van der Waals surface area contributed by atoms with Gasteiger partial charge >= 0.3 is 6.18 Å². The summed E-state index contributed by atoms with van der Waals surface area (Å²) in [4.78, 5) is 28.5. The molecule has 1 fully saturated rings. The monoisotopic (exact) mass is 466 g/mol. The van der Waals surface area contributed by atoms with Crippen LogP contribution in [0.1, 0.15) is 35.7 Å². The minimum Gasteiger partial charge on any atom is -0.380 e. The molecule has 2 heterocycles. The maximum absolute atomic E-state index is 13.8. The Morgan fingerprint density at radius 1 is 1.25 bits per heavy atom. The van der Waals surface area contributed by atoms with Crippen LogP contribution in [0.5, 0.6) is 0 Å². The number of hydrogen-bond donors (Lipinski definition) is 2. The van der Waals surface area contributed by atoms with E-state index in [0.717, 1.165) is 25.5 Å². The minimum atomic E-state index is -4.72. The van der Waals surface area contributed by atoms with Crippen molar-refractivity contribution in [2.45, 2.75) is 50.0 Å². The van der Waals surface area contributed by atoms with E-state index in [1.807, 2.05) is 18.2 Å². The maximum atomic E-state index is 13.8. The maximum Gasteiger partial charge on any atom is 0.414 e. The van der Waals surface area contributed by atoms with Crippen molar-refractivity contribution in [2.75, 3.05) is 12.4 Å². The van der Waals surface area contributed by atoms with Crippen LogP contribution in [0.2, 0.25) is 5.02 Å². The van der Waals surface area contributed by atoms with Crippen molar-refractivity contribution in [1.82, 2.24) is 15.2 Å². The third-order valence-electron chi connectivity index (χ3n) is 5.88. The first-order chi connectivity index (χ1) is 15.1. The molecule has 1 saturated heterocycles. The molecule has 1 aliphatic carbocycles. The van der Waals surface area contributed by atoms with Gasteiger partial charge in [-0.15, -0.1) is 0 Å². The second-order valence-corrected chi connectivity index (χ2v) is 8.62. The van der Waals surface area contributed by atoms with Gasteiger partial charge in [0.25, 0.3) is 0 Å². The molecule has 3 atom stereocenters. The molecule has 32 heavy (non-hydrogen) atoms. The van der Waals surface area contributed by atoms with Crippen LogP contribution in [0.15, 0.2) is 36.5 Å². The number of carbonyl (C=O) groups is 2. The van der Waals surface area contributed by atoms with Gasteiger partial charge in [-0.1, -0.05) is 17.7 Å². The summed E-state index contributed by atoms with van der Waals surface area (Å²) in [6.07, 6.45) is -1.54. The van der Waals surface area contributed by atoms with Crippen molar-refractivity contribution < 1.29 is 22.8 Å². The van der Waals surface area contributed by atoms with Gasteiger partial charge in [-0.2, -0.15) is 13.2 Å². The average Bonchev–Trinajstić information content (AvgIpc) is 3.33. The number of nitrogens with one attached hydrogen (secondary N) is 2. The molecule has 0 saturated carbocycles. The standard InChI is InChI=1S/C22H22ClF3N4O2/c1-30(21(32)18-6-7-19(31)29-18)20(22(24,25)26)17-5-4-15(11-27-17)28-16-9-12-2-3-14(23)8-13(12)10-16/h2-5,8,11,16,18,20,28H,6-7,9-10H2,1H3,(H,29,31)/t16?,18?,20-/m0/s1. The highest BCUT2D eigenvalue weighted by atomic mass is 35.5. The number of fused-ring (bicyclic) bond motifs is 1. The van der Waals surface area contributed by atoms with Crippen molar-refractivity contribution in [3.05, 3.63) is 58.4 Å². The fourth-order valence-corrected chi connectivity index (χ4v) is 4.53. The molecule has 1 aliphatic heterocycles. The smallest absolute Gasteiger partial charge is 0.380 e. The minimum absolute atomic E-state index is 0.0877. The van der Waals surface area contributed by atoms with E-state index in [0.29, 0.717) is 15.6 Å². The van der Waals surface area contributed by atoms with Crippen LogP contribution in [-0.4, -0.2) is 47.0 Å². The summed E-state index contributed by atoms with van der Waals surface area (Å²) in [6.45, 7) is 0. The van der Waals surface area contributed by atoms with Gasteiger partial charge in [-0.25, -0.2) is 0 Å². The van der Waals surface area contributed by atoms with Crippen LogP contribution in [0.4, 0.5) is 18.9 Å². The summed E-state index contributed by atoms with van der Waals surface area (Å²) in [5.74, 6) is -1.13. The van der Waals surface area contributed by atoms with Crippen LogP contribution < -0.4 is 10.6 Å². The number of amides is 2. The Bertz CT molecular complexity index is 1030. The van der Waals surface area contributed by atoms with Crippen molar-refractivity contribution in [3.63, 3.8) is 0 Å². The highest BCUT2D eigenvalue weighted by molar-refractivity contribution is 6.30. The molecule has 2 unspecified atom stereocenters. The molecule has 10 heteroatoms. The van der Waals surface area contributed by atoms with Crippen molar-refractivity contribution in [1.29, 1.82) is 0 Å². The van der Waals surface area contributed by atoms with E-state index in [1.54, 1.807) is 0 Å². The topological polar surface area (TPSA) is 74.3 Å². The molecule has 0 spiro atoms. The van der Waals surface area contributed by atoms with E-state index in [2.05, 4.69) is 15.6 Å². The van der Waals surface area contributed by atoms with Gasteiger partial charge < -0.3 is 15.5 Å². The quantitative estimate of drug-likeness (QED) is 0.705. The number of halogens is 4. The van der Waals surface area contributed by atoms with Gasteiger partial charge in [0.2, 0.25) is 11.8 Å². The van der Waals surface area contributed by atoms with Gasteiger partial charge in [-0.3, -0.25) is 14.6 Å². The zero-order valence-electron chi connectivity index (χ0n) is 17.2. The van der Waals surface area contributed by atoms with Gasteiger partial charge in [0.15, 0.2) is 6.04 Å². The molecule has 2 aliphatic rings. The highest BCUT2D eigenvalue weighted by Crippen LogP contribution is 2.37. The number of hydrogen-bond acceptors (Lipinski definition) is 4. The number of rotatable bonds is 5. The van der Waals surface area contributed by atoms with Crippen LogP contribution in [0.3, 0.4) is 0 Å². The van der Waals surface area contributed by atoms with E-state index in [-0.39, 0.29) is 30.5 Å². The van der Waals surface area contributed by atoms with Crippen LogP contribution in [0.25, 0.3) is 0 Å². The van der Waals surface area contributed by atoms with Gasteiger partial charge in [-0.05, 0) is 54.7 Å². The average molecular weight is 467 g/mol. The van der Waals surface area contributed by atoms with Crippen molar-refractivity contribution in [3.8, 4) is 0 Å². The van der Waals surface area contributed by atoms with Crippen LogP contribution in [-0.2, 0) is 22.4 Å². The van der Waals surface area contributed by atoms with E-state index >= 15 is 0 Å². The number of anilines is 1. The lowest BCUT2D eigenvalue weighted by Gasteiger charge is -2.31. The molecule has 0 bridgehead atoms. The molecular formula is C22H22ClF3N4O2. The number of alkyl halides is 3. The predicted molar refractivity (Wildman–Crippen MR) is 113 cm³/mol. The second-order valence-electron chi connectivity index (χ2n) is 8.19. The molecule has 1 aromatic carbocycles. The zero-order chi connectivity index (χ0) is 23.0. The number of benzene rings is 1. The predicted octanol–water partition coefficient (Wildman–Crippen LogP) is 3.65. The zero-order valence-corrected chi connectivity index (χ0v) is 18.0. The van der Waals surface area contributed by atoms with E-state index in [9.17, 15) is 22.8 Å². The summed E-state index contributed by atoms with van der Waals surface area (Å²) >= 11 is 6.04. The Labute approximate surface area is 188 Å². The van der Waals surface area contributed by atoms with Crippen LogP contribution in [0, 0.1) is 0 Å². The van der Waals surface area contributed by atoms with Gasteiger partial charge in [0.1, 0.15) is 6.04 Å². The molecule has 2 N–H and O–H groups in total. The van der Waals surface area contributed by atoms with E-state index in [1.165, 1.54) is 23.9 Å². The third-order valence-corrected chi connectivity index (χ3v) is 6.11. The fourth-order valence-electron chi connectivity index (χ4n) is 4.33. The summed E-state index contributed by atoms with van der Waals surface area (Å²) in [5.41, 5.74) is 2.64. The van der Waals surface area contributed by atoms with Crippen LogP contribution >= 0.6 is 11.6 Å². The second kappa shape index (κ2) is 8.61. The Kier molecular flexibility index (Phi) is 6.03. The Morgan fingerprint density at radius 2 is 2.00 bits per heavy atom. The van der Waals surface area contributed by atoms with Gasteiger partial charge in [0, 0.05) is 24.5 Å². The molecule has 2 aromatic rings. The molecule has 0 radical (unpaired) electrons. The molecular weight excluding hydrogens is 445 g/mol. The molecule has 1 aromatic heterocycles. The number of nitrogens with zero attached hydrogens (tertiary/aromatic N) is 2. The number of carbonyl (C=O) groups excluding carboxylic acids is 2. The largest absolute Gasteiger partial charge is 0.414 e. The lowest BCUT2D eigenvalue weighted by atomic mass is 10.1. The normalized spacial score (nSPS) is 21.1.